The number of ether oxygens (including phenoxy) is 1. The zero-order valence-corrected chi connectivity index (χ0v) is 18.2. The summed E-state index contributed by atoms with van der Waals surface area (Å²) in [4.78, 5) is 16.7. The van der Waals surface area contributed by atoms with Gasteiger partial charge in [-0.2, -0.15) is 4.31 Å². The molecule has 0 unspecified atom stereocenters. The second-order valence-electron chi connectivity index (χ2n) is 7.39. The lowest BCUT2D eigenvalue weighted by molar-refractivity contribution is 0.0922. The van der Waals surface area contributed by atoms with Crippen LogP contribution in [0.4, 0.5) is 4.39 Å². The topological polar surface area (TPSA) is 102 Å². The first kappa shape index (κ1) is 22.0. The molecule has 0 atom stereocenters. The summed E-state index contributed by atoms with van der Waals surface area (Å²) in [6.45, 7) is 2.64. The zero-order chi connectivity index (χ0) is 22.7. The summed E-state index contributed by atoms with van der Waals surface area (Å²) in [6.07, 6.45) is 3.19. The Morgan fingerprint density at radius 3 is 2.56 bits per heavy atom. The van der Waals surface area contributed by atoms with Crippen molar-refractivity contribution in [2.75, 3.05) is 13.1 Å². The van der Waals surface area contributed by atoms with Gasteiger partial charge in [-0.05, 0) is 49.6 Å². The average Bonchev–Trinajstić information content (AvgIpc) is 3.45. The third-order valence-corrected chi connectivity index (χ3v) is 7.07. The van der Waals surface area contributed by atoms with Crippen molar-refractivity contribution in [2.24, 2.45) is 0 Å². The van der Waals surface area contributed by atoms with Crippen molar-refractivity contribution in [1.29, 1.82) is 0 Å². The van der Waals surface area contributed by atoms with Crippen LogP contribution in [-0.2, 0) is 16.6 Å². The number of pyridine rings is 1. The molecule has 1 saturated heterocycles. The van der Waals surface area contributed by atoms with Crippen molar-refractivity contribution in [3.8, 4) is 11.6 Å². The van der Waals surface area contributed by atoms with Gasteiger partial charge < -0.3 is 14.5 Å². The van der Waals surface area contributed by atoms with Crippen molar-refractivity contribution < 1.29 is 26.8 Å². The number of furan rings is 1. The van der Waals surface area contributed by atoms with E-state index in [4.69, 9.17) is 9.15 Å². The lowest BCUT2D eigenvalue weighted by atomic mass is 10.3. The molecule has 10 heteroatoms. The molecule has 168 valence electrons. The second-order valence-corrected chi connectivity index (χ2v) is 9.29. The molecule has 0 aliphatic carbocycles. The first-order valence-corrected chi connectivity index (χ1v) is 11.5. The number of nitrogens with one attached hydrogen (secondary N) is 1. The van der Waals surface area contributed by atoms with Crippen LogP contribution in [-0.4, -0.2) is 36.7 Å². The monoisotopic (exact) mass is 459 g/mol. The van der Waals surface area contributed by atoms with Gasteiger partial charge in [-0.25, -0.2) is 17.8 Å². The molecule has 0 saturated carbocycles. The molecule has 1 aromatic carbocycles. The Balaban J connectivity index is 1.37. The molecule has 32 heavy (non-hydrogen) atoms. The van der Waals surface area contributed by atoms with Crippen LogP contribution in [0, 0.1) is 12.7 Å². The number of nitrogens with zero attached hydrogens (tertiary/aromatic N) is 2. The maximum Gasteiger partial charge on any atom is 0.287 e. The van der Waals surface area contributed by atoms with E-state index >= 15 is 0 Å². The van der Waals surface area contributed by atoms with E-state index in [0.717, 1.165) is 12.8 Å². The van der Waals surface area contributed by atoms with Gasteiger partial charge in [0.25, 0.3) is 5.91 Å². The number of rotatable bonds is 7. The van der Waals surface area contributed by atoms with Gasteiger partial charge in [-0.15, -0.1) is 0 Å². The van der Waals surface area contributed by atoms with Crippen molar-refractivity contribution in [3.05, 3.63) is 71.6 Å². The van der Waals surface area contributed by atoms with Crippen molar-refractivity contribution in [1.82, 2.24) is 14.6 Å². The number of halogens is 1. The predicted molar refractivity (Wildman–Crippen MR) is 113 cm³/mol. The number of aromatic nitrogens is 1. The molecule has 3 heterocycles. The van der Waals surface area contributed by atoms with E-state index in [9.17, 15) is 17.6 Å². The predicted octanol–water partition coefficient (Wildman–Crippen LogP) is 3.63. The molecule has 1 N–H and O–H groups in total. The van der Waals surface area contributed by atoms with Crippen molar-refractivity contribution in [2.45, 2.75) is 31.2 Å². The van der Waals surface area contributed by atoms with Crippen LogP contribution in [0.5, 0.6) is 11.6 Å². The number of carbonyl (C=O) groups excluding carboxylic acids is 1. The van der Waals surface area contributed by atoms with Crippen molar-refractivity contribution in [3.63, 3.8) is 0 Å². The number of amides is 1. The minimum atomic E-state index is -3.67. The maximum absolute atomic E-state index is 13.0. The van der Waals surface area contributed by atoms with E-state index in [1.54, 1.807) is 12.1 Å². The van der Waals surface area contributed by atoms with Crippen molar-refractivity contribution >= 4 is 15.9 Å². The minimum Gasteiger partial charge on any atom is -0.455 e. The van der Waals surface area contributed by atoms with Crippen LogP contribution < -0.4 is 10.1 Å². The highest BCUT2D eigenvalue weighted by molar-refractivity contribution is 7.89. The highest BCUT2D eigenvalue weighted by atomic mass is 32.2. The van der Waals surface area contributed by atoms with Crippen LogP contribution >= 0.6 is 0 Å². The van der Waals surface area contributed by atoms with Crippen LogP contribution in [0.1, 0.15) is 34.7 Å². The Bertz CT molecular complexity index is 1200. The fourth-order valence-corrected chi connectivity index (χ4v) is 5.05. The summed E-state index contributed by atoms with van der Waals surface area (Å²) in [7, 11) is -3.67. The first-order valence-electron chi connectivity index (χ1n) is 10.1. The van der Waals surface area contributed by atoms with Gasteiger partial charge >= 0.3 is 0 Å². The molecule has 0 spiro atoms. The number of benzene rings is 1. The summed E-state index contributed by atoms with van der Waals surface area (Å²) in [5.74, 6) is 0.0139. The third-order valence-electron chi connectivity index (χ3n) is 5.07. The molecule has 1 aliphatic heterocycles. The van der Waals surface area contributed by atoms with E-state index in [1.165, 1.54) is 47.8 Å². The first-order chi connectivity index (χ1) is 15.3. The standard InChI is InChI=1S/C22H22FN3O5S/c1-15-20(32(28,29)26-10-2-3-11-26)12-19(30-15)22(27)25-14-16-4-9-21(24-13-16)31-18-7-5-17(23)6-8-18/h4-9,12-13H,2-3,10-11,14H2,1H3,(H,25,27). The van der Waals surface area contributed by atoms with Gasteiger partial charge in [0.2, 0.25) is 15.9 Å². The minimum absolute atomic E-state index is 0.0218. The molecule has 3 aromatic rings. The molecule has 1 amide bonds. The fourth-order valence-electron chi connectivity index (χ4n) is 3.37. The number of carbonyl (C=O) groups is 1. The normalized spacial score (nSPS) is 14.4. The van der Waals surface area contributed by atoms with E-state index < -0.39 is 15.9 Å². The molecule has 2 aromatic heterocycles. The number of aryl methyl sites for hydroxylation is 1. The average molecular weight is 459 g/mol. The van der Waals surface area contributed by atoms with Gasteiger partial charge in [0.05, 0.1) is 0 Å². The van der Waals surface area contributed by atoms with Gasteiger partial charge in [-0.1, -0.05) is 6.07 Å². The Kier molecular flexibility index (Phi) is 6.24. The van der Waals surface area contributed by atoms with Gasteiger partial charge in [-0.3, -0.25) is 4.79 Å². The summed E-state index contributed by atoms with van der Waals surface area (Å²) >= 11 is 0. The SMILES string of the molecule is Cc1oc(C(=O)NCc2ccc(Oc3ccc(F)cc3)nc2)cc1S(=O)(=O)N1CCCC1. The van der Waals surface area contributed by atoms with E-state index in [1.807, 2.05) is 0 Å². The summed E-state index contributed by atoms with van der Waals surface area (Å²) < 4.78 is 50.8. The highest BCUT2D eigenvalue weighted by Crippen LogP contribution is 2.26. The summed E-state index contributed by atoms with van der Waals surface area (Å²) in [5.41, 5.74) is 0.706. The lowest BCUT2D eigenvalue weighted by Crippen LogP contribution is -2.28. The van der Waals surface area contributed by atoms with Gasteiger partial charge in [0.1, 0.15) is 22.2 Å². The van der Waals surface area contributed by atoms with Crippen LogP contribution in [0.15, 0.2) is 58.0 Å². The maximum atomic E-state index is 13.0. The third kappa shape index (κ3) is 4.81. The fraction of sp³-hybridized carbons (Fsp3) is 0.273. The summed E-state index contributed by atoms with van der Waals surface area (Å²) in [6, 6.07) is 10.2. The molecule has 0 bridgehead atoms. The van der Waals surface area contributed by atoms with Crippen LogP contribution in [0.25, 0.3) is 0 Å². The largest absolute Gasteiger partial charge is 0.455 e. The molecular weight excluding hydrogens is 437 g/mol. The van der Waals surface area contributed by atoms with Gasteiger partial charge in [0, 0.05) is 38.0 Å². The molecular formula is C22H22FN3O5S. The molecule has 4 rings (SSSR count). The van der Waals surface area contributed by atoms with E-state index in [2.05, 4.69) is 10.3 Å². The summed E-state index contributed by atoms with van der Waals surface area (Å²) in [5, 5.41) is 2.69. The number of sulfonamides is 1. The van der Waals surface area contributed by atoms with Crippen LogP contribution in [0.3, 0.4) is 0 Å². The Morgan fingerprint density at radius 2 is 1.91 bits per heavy atom. The van der Waals surface area contributed by atoms with E-state index in [-0.39, 0.29) is 28.8 Å². The second kappa shape index (κ2) is 9.09. The smallest absolute Gasteiger partial charge is 0.287 e. The molecule has 1 fully saturated rings. The molecule has 0 radical (unpaired) electrons. The molecule has 1 aliphatic rings. The number of hydrogen-bond acceptors (Lipinski definition) is 6. The molecule has 8 nitrogen and oxygen atoms in total. The highest BCUT2D eigenvalue weighted by Gasteiger charge is 2.31. The van der Waals surface area contributed by atoms with Crippen LogP contribution in [0.2, 0.25) is 0 Å². The lowest BCUT2D eigenvalue weighted by Gasteiger charge is -2.14. The Hall–Kier alpha value is -3.24. The number of hydrogen-bond donors (Lipinski definition) is 1. The zero-order valence-electron chi connectivity index (χ0n) is 17.4. The van der Waals surface area contributed by atoms with E-state index in [0.29, 0.717) is 30.3 Å². The Labute approximate surface area is 185 Å². The van der Waals surface area contributed by atoms with Gasteiger partial charge in [0.15, 0.2) is 5.76 Å². The quantitative estimate of drug-likeness (QED) is 0.579. The Morgan fingerprint density at radius 1 is 1.19 bits per heavy atom.